The Morgan fingerprint density at radius 1 is 0.889 bits per heavy atom. The van der Waals surface area contributed by atoms with Gasteiger partial charge < -0.3 is 36.8 Å². The number of phenolic OH excluding ortho intramolecular Hbond substituents is 1. The fourth-order valence-corrected chi connectivity index (χ4v) is 7.32. The van der Waals surface area contributed by atoms with Crippen molar-refractivity contribution in [2.45, 2.75) is 25.0 Å². The Bertz CT molecular complexity index is 1870. The molecule has 0 bridgehead atoms. The van der Waals surface area contributed by atoms with Crippen LogP contribution in [0.15, 0.2) is 71.5 Å². The normalized spacial score (nSPS) is 26.0. The number of fused-ring (bicyclic) bond motifs is 4. The number of aliphatic hydroxyl groups is 3. The summed E-state index contributed by atoms with van der Waals surface area (Å²) in [5.41, 5.74) is 5.13. The summed E-state index contributed by atoms with van der Waals surface area (Å²) >= 11 is 0. The van der Waals surface area contributed by atoms with E-state index in [0.717, 1.165) is 10.8 Å². The van der Waals surface area contributed by atoms with E-state index < -0.39 is 82.2 Å². The van der Waals surface area contributed by atoms with Gasteiger partial charge in [0.15, 0.2) is 11.6 Å². The smallest absolute Gasteiger partial charge is 0.323 e. The maximum atomic E-state index is 14.1. The average Bonchev–Trinajstić information content (AvgIpc) is 2.98. The van der Waals surface area contributed by atoms with Crippen LogP contribution in [0.5, 0.6) is 5.75 Å². The molecule has 6 rings (SSSR count). The Balaban J connectivity index is 1.39. The number of carbonyl (C=O) groups excluding carboxylic acids is 4. The van der Waals surface area contributed by atoms with Crippen molar-refractivity contribution < 1.29 is 39.6 Å². The molecule has 4 unspecified atom stereocenters. The number of urea groups is 1. The third-order valence-corrected chi connectivity index (χ3v) is 9.28. The summed E-state index contributed by atoms with van der Waals surface area (Å²) in [5.74, 6) is -9.35. The number of rotatable bonds is 4. The number of ketones is 2. The monoisotopic (exact) mass is 612 g/mol. The van der Waals surface area contributed by atoms with Crippen LogP contribution in [0, 0.1) is 17.8 Å². The van der Waals surface area contributed by atoms with Crippen LogP contribution < -0.4 is 16.4 Å². The van der Waals surface area contributed by atoms with Crippen molar-refractivity contribution in [2.75, 3.05) is 24.7 Å². The summed E-state index contributed by atoms with van der Waals surface area (Å²) in [6.45, 7) is 1.70. The highest BCUT2D eigenvalue weighted by atomic mass is 16.3. The molecule has 232 valence electrons. The molecule has 45 heavy (non-hydrogen) atoms. The summed E-state index contributed by atoms with van der Waals surface area (Å²) < 4.78 is 0. The fourth-order valence-electron chi connectivity index (χ4n) is 7.32. The number of hydrogen-bond acceptors (Lipinski definition) is 9. The zero-order valence-corrected chi connectivity index (χ0v) is 24.6. The standard InChI is InChI=1S/C33H32N4O8/c1-13-15-11-12-18(36-33(45)35-17-10-6-8-14-7-4-5-9-16(14)17)26(38)20(15)28(40)22-19(13)27(39)21-23(29(22)41)30(42)24(32(34)44)31(43)25(21)37(2)3/h4-13,19,21,23,25,27,38-40,43H,1-3H3,(H2,34,44)(H2,35,36,45)/t13-,19?,21?,23?,25-,27?/m0/s1. The van der Waals surface area contributed by atoms with Crippen molar-refractivity contribution in [3.63, 3.8) is 0 Å². The van der Waals surface area contributed by atoms with E-state index in [9.17, 15) is 39.6 Å². The van der Waals surface area contributed by atoms with Crippen LogP contribution in [0.1, 0.15) is 24.0 Å². The number of Topliss-reactive ketones (excluding diaryl/α,β-unsaturated/α-hetero) is 2. The molecular formula is C33H32N4O8. The lowest BCUT2D eigenvalue weighted by Gasteiger charge is -2.50. The second kappa shape index (κ2) is 10.8. The van der Waals surface area contributed by atoms with Crippen molar-refractivity contribution >= 4 is 51.4 Å². The molecule has 8 N–H and O–H groups in total. The maximum absolute atomic E-state index is 14.1. The van der Waals surface area contributed by atoms with Gasteiger partial charge in [-0.2, -0.15) is 0 Å². The van der Waals surface area contributed by atoms with Gasteiger partial charge in [-0.25, -0.2) is 4.79 Å². The van der Waals surface area contributed by atoms with E-state index in [2.05, 4.69) is 10.6 Å². The highest BCUT2D eigenvalue weighted by Gasteiger charge is 2.60. The molecule has 0 radical (unpaired) electrons. The highest BCUT2D eigenvalue weighted by Crippen LogP contribution is 2.55. The predicted molar refractivity (Wildman–Crippen MR) is 165 cm³/mol. The average molecular weight is 613 g/mol. The minimum Gasteiger partial charge on any atom is -0.510 e. The van der Waals surface area contributed by atoms with Gasteiger partial charge in [0, 0.05) is 22.8 Å². The van der Waals surface area contributed by atoms with Crippen LogP contribution in [-0.4, -0.2) is 75.1 Å². The topological polar surface area (TPSA) is 203 Å². The van der Waals surface area contributed by atoms with Crippen LogP contribution in [0.4, 0.5) is 16.2 Å². The van der Waals surface area contributed by atoms with Crippen LogP contribution in [-0.2, 0) is 14.4 Å². The SMILES string of the molecule is C[C@H]1c2ccc(NC(=O)Nc3cccc4ccccc34)c(O)c2C(O)=C2C(=O)C3C(=O)C(C(N)=O)=C(O)[C@@H](N(C)C)C3C(O)C21. The number of anilines is 2. The van der Waals surface area contributed by atoms with Crippen LogP contribution in [0.2, 0.25) is 0 Å². The minimum atomic E-state index is -1.62. The third-order valence-electron chi connectivity index (χ3n) is 9.28. The summed E-state index contributed by atoms with van der Waals surface area (Å²) in [6.07, 6.45) is -1.42. The number of phenols is 1. The van der Waals surface area contributed by atoms with E-state index in [0.29, 0.717) is 11.3 Å². The van der Waals surface area contributed by atoms with Gasteiger partial charge in [0.25, 0.3) is 5.91 Å². The Labute approximate surface area is 257 Å². The first-order chi connectivity index (χ1) is 21.3. The first kappa shape index (κ1) is 29.9. The molecule has 3 aromatic carbocycles. The number of primary amides is 1. The molecule has 0 aromatic heterocycles. The summed E-state index contributed by atoms with van der Waals surface area (Å²) in [6, 6.07) is 14.2. The van der Waals surface area contributed by atoms with Crippen LogP contribution in [0.3, 0.4) is 0 Å². The van der Waals surface area contributed by atoms with Gasteiger partial charge in [0.1, 0.15) is 22.8 Å². The van der Waals surface area contributed by atoms with Crippen molar-refractivity contribution in [3.05, 3.63) is 82.6 Å². The largest absolute Gasteiger partial charge is 0.510 e. The number of amides is 3. The molecule has 0 heterocycles. The first-order valence-corrected chi connectivity index (χ1v) is 14.4. The number of aliphatic hydroxyl groups excluding tert-OH is 3. The molecule has 1 saturated carbocycles. The number of likely N-dealkylation sites (N-methyl/N-ethyl adjacent to an activating group) is 1. The lowest BCUT2D eigenvalue weighted by Crippen LogP contribution is -2.61. The summed E-state index contributed by atoms with van der Waals surface area (Å²) in [4.78, 5) is 54.2. The number of benzene rings is 3. The molecule has 1 fully saturated rings. The molecule has 3 aliphatic rings. The van der Waals surface area contributed by atoms with Gasteiger partial charge in [-0.1, -0.05) is 49.4 Å². The zero-order chi connectivity index (χ0) is 32.5. The Morgan fingerprint density at radius 3 is 2.24 bits per heavy atom. The zero-order valence-electron chi connectivity index (χ0n) is 24.6. The van der Waals surface area contributed by atoms with Crippen molar-refractivity contribution in [3.8, 4) is 5.75 Å². The number of nitrogens with two attached hydrogens (primary N) is 1. The van der Waals surface area contributed by atoms with Gasteiger partial charge in [0.2, 0.25) is 0 Å². The maximum Gasteiger partial charge on any atom is 0.323 e. The lowest BCUT2D eigenvalue weighted by atomic mass is 9.56. The van der Waals surface area contributed by atoms with Gasteiger partial charge in [-0.3, -0.25) is 19.3 Å². The molecule has 0 spiro atoms. The van der Waals surface area contributed by atoms with Gasteiger partial charge in [-0.15, -0.1) is 0 Å². The molecule has 3 amide bonds. The van der Waals surface area contributed by atoms with Crippen LogP contribution in [0.25, 0.3) is 16.5 Å². The van der Waals surface area contributed by atoms with E-state index in [1.807, 2.05) is 30.3 Å². The van der Waals surface area contributed by atoms with E-state index >= 15 is 0 Å². The molecule has 0 saturated heterocycles. The number of nitrogens with one attached hydrogen (secondary N) is 2. The van der Waals surface area contributed by atoms with Crippen molar-refractivity contribution in [1.82, 2.24) is 4.90 Å². The van der Waals surface area contributed by atoms with Crippen molar-refractivity contribution in [1.29, 1.82) is 0 Å². The molecule has 3 aromatic rings. The quantitative estimate of drug-likeness (QED) is 0.131. The van der Waals surface area contributed by atoms with Gasteiger partial charge in [-0.05, 0) is 43.1 Å². The molecule has 12 nitrogen and oxygen atoms in total. The second-order valence-electron chi connectivity index (χ2n) is 11.9. The Morgan fingerprint density at radius 2 is 1.56 bits per heavy atom. The Hall–Kier alpha value is -5.20. The number of nitrogens with zero attached hydrogens (tertiary/aromatic N) is 1. The molecule has 6 atom stereocenters. The van der Waals surface area contributed by atoms with E-state index in [1.54, 1.807) is 39.2 Å². The van der Waals surface area contributed by atoms with Crippen molar-refractivity contribution in [2.24, 2.45) is 23.5 Å². The number of carbonyl (C=O) groups is 4. The molecular weight excluding hydrogens is 580 g/mol. The third kappa shape index (κ3) is 4.44. The Kier molecular flexibility index (Phi) is 7.13. The minimum absolute atomic E-state index is 0.0590. The van der Waals surface area contributed by atoms with E-state index in [4.69, 9.17) is 5.73 Å². The van der Waals surface area contributed by atoms with Crippen LogP contribution >= 0.6 is 0 Å². The molecule has 3 aliphatic carbocycles. The number of hydrogen-bond donors (Lipinski definition) is 7. The number of aromatic hydroxyl groups is 1. The first-order valence-electron chi connectivity index (χ1n) is 14.4. The van der Waals surface area contributed by atoms with Gasteiger partial charge in [0.05, 0.1) is 35.0 Å². The fraction of sp³-hybridized carbons (Fsp3) is 0.273. The van der Waals surface area contributed by atoms with E-state index in [1.165, 1.54) is 11.0 Å². The van der Waals surface area contributed by atoms with Gasteiger partial charge >= 0.3 is 6.03 Å². The second-order valence-corrected chi connectivity index (χ2v) is 11.9. The highest BCUT2D eigenvalue weighted by molar-refractivity contribution is 6.28. The molecule has 0 aliphatic heterocycles. The predicted octanol–water partition coefficient (Wildman–Crippen LogP) is 3.18. The lowest BCUT2D eigenvalue weighted by molar-refractivity contribution is -0.143. The summed E-state index contributed by atoms with van der Waals surface area (Å²) in [5, 5.41) is 52.5. The van der Waals surface area contributed by atoms with E-state index in [-0.39, 0.29) is 16.8 Å². The molecule has 12 heteroatoms. The summed E-state index contributed by atoms with van der Waals surface area (Å²) in [7, 11) is 3.13.